The number of amides is 1. The first kappa shape index (κ1) is 17.4. The number of benzene rings is 2. The van der Waals surface area contributed by atoms with Crippen molar-refractivity contribution in [2.75, 3.05) is 6.54 Å². The van der Waals surface area contributed by atoms with E-state index in [0.717, 1.165) is 12.0 Å². The van der Waals surface area contributed by atoms with Gasteiger partial charge in [-0.25, -0.2) is 4.79 Å². The van der Waals surface area contributed by atoms with Gasteiger partial charge in [0.05, 0.1) is 0 Å². The van der Waals surface area contributed by atoms with Crippen LogP contribution in [0.15, 0.2) is 48.5 Å². The van der Waals surface area contributed by atoms with Crippen LogP contribution in [-0.4, -0.2) is 12.6 Å². The fourth-order valence-electron chi connectivity index (χ4n) is 2.21. The molecule has 0 aliphatic rings. The largest absolute Gasteiger partial charge is 0.445 e. The van der Waals surface area contributed by atoms with Gasteiger partial charge in [-0.1, -0.05) is 67.9 Å². The van der Waals surface area contributed by atoms with Crippen LogP contribution >= 0.6 is 11.6 Å². The maximum atomic E-state index is 11.8. The van der Waals surface area contributed by atoms with Gasteiger partial charge < -0.3 is 10.1 Å². The monoisotopic (exact) mass is 331 g/mol. The Kier molecular flexibility index (Phi) is 6.48. The molecule has 0 aliphatic heterocycles. The fourth-order valence-corrected chi connectivity index (χ4v) is 2.38. The van der Waals surface area contributed by atoms with Gasteiger partial charge in [0.2, 0.25) is 0 Å². The standard InChI is InChI=1S/C19H22ClNO2/c1-14(2)16-8-9-18(20)17(12-16)13-23-19(22)21-11-10-15-6-4-3-5-7-15/h3-9,12,14H,10-11,13H2,1-2H3,(H,21,22). The molecular weight excluding hydrogens is 310 g/mol. The first-order valence-electron chi connectivity index (χ1n) is 7.79. The minimum Gasteiger partial charge on any atom is -0.445 e. The number of hydrogen-bond donors (Lipinski definition) is 1. The SMILES string of the molecule is CC(C)c1ccc(Cl)c(COC(=O)NCCc2ccccc2)c1. The molecule has 122 valence electrons. The average Bonchev–Trinajstić information content (AvgIpc) is 2.55. The lowest BCUT2D eigenvalue weighted by Gasteiger charge is -2.11. The summed E-state index contributed by atoms with van der Waals surface area (Å²) >= 11 is 6.16. The molecule has 0 heterocycles. The molecule has 1 amide bonds. The summed E-state index contributed by atoms with van der Waals surface area (Å²) in [4.78, 5) is 11.8. The van der Waals surface area contributed by atoms with Gasteiger partial charge in [0, 0.05) is 17.1 Å². The Morgan fingerprint density at radius 2 is 1.91 bits per heavy atom. The van der Waals surface area contributed by atoms with E-state index in [1.165, 1.54) is 11.1 Å². The third kappa shape index (κ3) is 5.61. The van der Waals surface area contributed by atoms with Gasteiger partial charge in [-0.05, 0) is 29.5 Å². The number of ether oxygens (including phenoxy) is 1. The quantitative estimate of drug-likeness (QED) is 0.814. The molecule has 0 atom stereocenters. The lowest BCUT2D eigenvalue weighted by Crippen LogP contribution is -2.26. The van der Waals surface area contributed by atoms with Crippen molar-refractivity contribution in [3.05, 3.63) is 70.2 Å². The Balaban J connectivity index is 1.79. The minimum absolute atomic E-state index is 0.177. The second-order valence-corrected chi connectivity index (χ2v) is 6.15. The number of carbonyl (C=O) groups excluding carboxylic acids is 1. The first-order valence-corrected chi connectivity index (χ1v) is 8.17. The molecule has 0 fully saturated rings. The molecule has 3 nitrogen and oxygen atoms in total. The van der Waals surface area contributed by atoms with Crippen molar-refractivity contribution in [1.29, 1.82) is 0 Å². The van der Waals surface area contributed by atoms with Crippen molar-refractivity contribution in [3.8, 4) is 0 Å². The lowest BCUT2D eigenvalue weighted by atomic mass is 10.0. The van der Waals surface area contributed by atoms with Gasteiger partial charge in [0.1, 0.15) is 6.61 Å². The molecule has 4 heteroatoms. The number of alkyl carbamates (subject to hydrolysis) is 1. The van der Waals surface area contributed by atoms with Crippen LogP contribution in [0.1, 0.15) is 36.5 Å². The Hall–Kier alpha value is -2.00. The van der Waals surface area contributed by atoms with Crippen LogP contribution in [0.3, 0.4) is 0 Å². The predicted octanol–water partition coefficient (Wildman–Crippen LogP) is 4.93. The molecular formula is C19H22ClNO2. The second kappa shape index (κ2) is 8.59. The molecule has 2 rings (SSSR count). The molecule has 0 aromatic heterocycles. The predicted molar refractivity (Wildman–Crippen MR) is 93.9 cm³/mol. The molecule has 0 saturated heterocycles. The van der Waals surface area contributed by atoms with Gasteiger partial charge >= 0.3 is 6.09 Å². The summed E-state index contributed by atoms with van der Waals surface area (Å²) in [6.45, 7) is 4.95. The van der Waals surface area contributed by atoms with Gasteiger partial charge in [0.25, 0.3) is 0 Å². The number of rotatable bonds is 6. The second-order valence-electron chi connectivity index (χ2n) is 5.74. The van der Waals surface area contributed by atoms with Gasteiger partial charge in [-0.2, -0.15) is 0 Å². The fraction of sp³-hybridized carbons (Fsp3) is 0.316. The summed E-state index contributed by atoms with van der Waals surface area (Å²) in [5, 5.41) is 3.37. The van der Waals surface area contributed by atoms with E-state index in [2.05, 4.69) is 19.2 Å². The molecule has 0 bridgehead atoms. The molecule has 2 aromatic carbocycles. The van der Waals surface area contributed by atoms with Crippen LogP contribution in [0.5, 0.6) is 0 Å². The average molecular weight is 332 g/mol. The molecule has 0 saturated carbocycles. The zero-order valence-corrected chi connectivity index (χ0v) is 14.3. The minimum atomic E-state index is -0.424. The highest BCUT2D eigenvalue weighted by atomic mass is 35.5. The summed E-state index contributed by atoms with van der Waals surface area (Å²) in [6.07, 6.45) is 0.353. The molecule has 0 radical (unpaired) electrons. The van der Waals surface area contributed by atoms with Crippen LogP contribution in [0.25, 0.3) is 0 Å². The van der Waals surface area contributed by atoms with Crippen LogP contribution in [-0.2, 0) is 17.8 Å². The van der Waals surface area contributed by atoms with E-state index in [9.17, 15) is 4.79 Å². The van der Waals surface area contributed by atoms with Crippen molar-refractivity contribution in [1.82, 2.24) is 5.32 Å². The van der Waals surface area contributed by atoms with E-state index in [4.69, 9.17) is 16.3 Å². The highest BCUT2D eigenvalue weighted by Crippen LogP contribution is 2.23. The Labute approximate surface area is 142 Å². The molecule has 0 unspecified atom stereocenters. The molecule has 0 aliphatic carbocycles. The van der Waals surface area contributed by atoms with Gasteiger partial charge in [-0.3, -0.25) is 0 Å². The van der Waals surface area contributed by atoms with Crippen LogP contribution < -0.4 is 5.32 Å². The van der Waals surface area contributed by atoms with E-state index in [-0.39, 0.29) is 6.61 Å². The molecule has 0 spiro atoms. The maximum Gasteiger partial charge on any atom is 0.407 e. The highest BCUT2D eigenvalue weighted by Gasteiger charge is 2.08. The van der Waals surface area contributed by atoms with E-state index in [1.807, 2.05) is 48.5 Å². The molecule has 1 N–H and O–H groups in total. The number of halogens is 1. The summed E-state index contributed by atoms with van der Waals surface area (Å²) in [5.74, 6) is 0.408. The number of nitrogens with one attached hydrogen (secondary N) is 1. The summed E-state index contributed by atoms with van der Waals surface area (Å²) < 4.78 is 5.25. The Bertz CT molecular complexity index is 641. The zero-order chi connectivity index (χ0) is 16.7. The first-order chi connectivity index (χ1) is 11.1. The van der Waals surface area contributed by atoms with Crippen LogP contribution in [0, 0.1) is 0 Å². The smallest absolute Gasteiger partial charge is 0.407 e. The summed E-state index contributed by atoms with van der Waals surface area (Å²) in [5.41, 5.74) is 3.19. The third-order valence-electron chi connectivity index (χ3n) is 3.62. The molecule has 23 heavy (non-hydrogen) atoms. The Morgan fingerprint density at radius 1 is 1.17 bits per heavy atom. The molecule has 2 aromatic rings. The highest BCUT2D eigenvalue weighted by molar-refractivity contribution is 6.31. The van der Waals surface area contributed by atoms with Crippen molar-refractivity contribution in [2.24, 2.45) is 0 Å². The normalized spacial score (nSPS) is 10.6. The number of hydrogen-bond acceptors (Lipinski definition) is 2. The number of carbonyl (C=O) groups is 1. The van der Waals surface area contributed by atoms with Gasteiger partial charge in [-0.15, -0.1) is 0 Å². The zero-order valence-electron chi connectivity index (χ0n) is 13.5. The van der Waals surface area contributed by atoms with Crippen molar-refractivity contribution < 1.29 is 9.53 Å². The van der Waals surface area contributed by atoms with E-state index in [0.29, 0.717) is 17.5 Å². The summed E-state index contributed by atoms with van der Waals surface area (Å²) in [6, 6.07) is 15.8. The van der Waals surface area contributed by atoms with Crippen LogP contribution in [0.2, 0.25) is 5.02 Å². The van der Waals surface area contributed by atoms with E-state index in [1.54, 1.807) is 0 Å². The third-order valence-corrected chi connectivity index (χ3v) is 3.99. The topological polar surface area (TPSA) is 38.3 Å². The summed E-state index contributed by atoms with van der Waals surface area (Å²) in [7, 11) is 0. The van der Waals surface area contributed by atoms with Crippen molar-refractivity contribution in [3.63, 3.8) is 0 Å². The van der Waals surface area contributed by atoms with E-state index >= 15 is 0 Å². The van der Waals surface area contributed by atoms with Crippen LogP contribution in [0.4, 0.5) is 4.79 Å². The van der Waals surface area contributed by atoms with Crippen molar-refractivity contribution in [2.45, 2.75) is 32.8 Å². The lowest BCUT2D eigenvalue weighted by molar-refractivity contribution is 0.140. The van der Waals surface area contributed by atoms with Crippen molar-refractivity contribution >= 4 is 17.7 Å². The maximum absolute atomic E-state index is 11.8. The van der Waals surface area contributed by atoms with E-state index < -0.39 is 6.09 Å². The Morgan fingerprint density at radius 3 is 2.61 bits per heavy atom. The van der Waals surface area contributed by atoms with Gasteiger partial charge in [0.15, 0.2) is 0 Å².